The zero-order valence-corrected chi connectivity index (χ0v) is 10.5. The van der Waals surface area contributed by atoms with E-state index in [4.69, 9.17) is 0 Å². The van der Waals surface area contributed by atoms with Gasteiger partial charge >= 0.3 is 5.97 Å². The molecule has 98 valence electrons. The molecule has 0 aliphatic heterocycles. The molecule has 2 aromatic heterocycles. The number of methoxy groups -OCH3 is 1. The average molecular weight is 258 g/mol. The van der Waals surface area contributed by atoms with Gasteiger partial charge in [-0.05, 0) is 24.1 Å². The summed E-state index contributed by atoms with van der Waals surface area (Å²) in [5.41, 5.74) is 1.37. The largest absolute Gasteiger partial charge is 0.464 e. The second-order valence-electron chi connectivity index (χ2n) is 3.81. The lowest BCUT2D eigenvalue weighted by molar-refractivity contribution is 0.0593. The summed E-state index contributed by atoms with van der Waals surface area (Å²) < 4.78 is 4.59. The highest BCUT2D eigenvalue weighted by molar-refractivity contribution is 5.87. The van der Waals surface area contributed by atoms with Gasteiger partial charge in [0.15, 0.2) is 5.69 Å². The van der Waals surface area contributed by atoms with Gasteiger partial charge in [0.2, 0.25) is 0 Å². The van der Waals surface area contributed by atoms with E-state index in [1.165, 1.54) is 18.9 Å². The van der Waals surface area contributed by atoms with Gasteiger partial charge < -0.3 is 10.1 Å². The first-order chi connectivity index (χ1) is 9.29. The molecule has 6 heteroatoms. The fourth-order valence-electron chi connectivity index (χ4n) is 1.54. The summed E-state index contributed by atoms with van der Waals surface area (Å²) in [5.74, 6) is 0.0576. The first kappa shape index (κ1) is 12.9. The van der Waals surface area contributed by atoms with Crippen LogP contribution in [0.4, 0.5) is 5.82 Å². The molecule has 0 unspecified atom stereocenters. The number of esters is 1. The number of nitrogens with one attached hydrogen (secondary N) is 1. The Morgan fingerprint density at radius 1 is 1.26 bits per heavy atom. The molecule has 1 N–H and O–H groups in total. The van der Waals surface area contributed by atoms with Crippen molar-refractivity contribution in [2.24, 2.45) is 0 Å². The third-order valence-corrected chi connectivity index (χ3v) is 2.50. The number of carbonyl (C=O) groups excluding carboxylic acids is 1. The number of pyridine rings is 1. The first-order valence-electron chi connectivity index (χ1n) is 5.82. The molecule has 2 rings (SSSR count). The van der Waals surface area contributed by atoms with Gasteiger partial charge in [0.05, 0.1) is 19.5 Å². The Bertz CT molecular complexity index is 545. The summed E-state index contributed by atoms with van der Waals surface area (Å²) in [7, 11) is 1.31. The number of hydrogen-bond acceptors (Lipinski definition) is 6. The van der Waals surface area contributed by atoms with E-state index < -0.39 is 5.97 Å². The summed E-state index contributed by atoms with van der Waals surface area (Å²) in [5, 5.41) is 3.11. The van der Waals surface area contributed by atoms with E-state index in [9.17, 15) is 4.79 Å². The van der Waals surface area contributed by atoms with E-state index in [-0.39, 0.29) is 5.69 Å². The number of anilines is 1. The van der Waals surface area contributed by atoms with Crippen LogP contribution in [0.15, 0.2) is 36.9 Å². The zero-order valence-electron chi connectivity index (χ0n) is 10.5. The monoisotopic (exact) mass is 258 g/mol. The predicted octanol–water partition coefficient (Wildman–Crippen LogP) is 1.31. The minimum absolute atomic E-state index is 0.191. The molecule has 0 saturated carbocycles. The molecular formula is C13H14N4O2. The van der Waals surface area contributed by atoms with Crippen LogP contribution in [0.3, 0.4) is 0 Å². The van der Waals surface area contributed by atoms with Crippen LogP contribution >= 0.6 is 0 Å². The summed E-state index contributed by atoms with van der Waals surface area (Å²) >= 11 is 0. The maximum atomic E-state index is 11.3. The highest BCUT2D eigenvalue weighted by atomic mass is 16.5. The van der Waals surface area contributed by atoms with Gasteiger partial charge in [-0.2, -0.15) is 0 Å². The number of aromatic nitrogens is 3. The van der Waals surface area contributed by atoms with Crippen LogP contribution in [-0.2, 0) is 11.2 Å². The SMILES string of the molecule is COC(=O)c1cncc(NCCc2ccncc2)n1. The minimum Gasteiger partial charge on any atom is -0.464 e. The van der Waals surface area contributed by atoms with Gasteiger partial charge in [0.25, 0.3) is 0 Å². The molecule has 2 heterocycles. The van der Waals surface area contributed by atoms with Crippen LogP contribution in [0.2, 0.25) is 0 Å². The van der Waals surface area contributed by atoms with Crippen molar-refractivity contribution in [1.82, 2.24) is 15.0 Å². The number of nitrogens with zero attached hydrogens (tertiary/aromatic N) is 3. The standard InChI is InChI=1S/C13H14N4O2/c1-19-13(18)11-8-15-9-12(17-11)16-7-4-10-2-5-14-6-3-10/h2-3,5-6,8-9H,4,7H2,1H3,(H,16,17). The van der Waals surface area contributed by atoms with Crippen molar-refractivity contribution >= 4 is 11.8 Å². The first-order valence-corrected chi connectivity index (χ1v) is 5.82. The Morgan fingerprint density at radius 3 is 2.79 bits per heavy atom. The Morgan fingerprint density at radius 2 is 2.05 bits per heavy atom. The Balaban J connectivity index is 1.91. The number of hydrogen-bond donors (Lipinski definition) is 1. The molecule has 0 amide bonds. The van der Waals surface area contributed by atoms with Crippen LogP contribution in [-0.4, -0.2) is 34.6 Å². The quantitative estimate of drug-likeness (QED) is 0.815. The van der Waals surface area contributed by atoms with Gasteiger partial charge in [-0.25, -0.2) is 9.78 Å². The van der Waals surface area contributed by atoms with Crippen molar-refractivity contribution in [3.8, 4) is 0 Å². The van der Waals surface area contributed by atoms with E-state index in [2.05, 4.69) is 25.0 Å². The Hall–Kier alpha value is -2.50. The molecule has 0 aliphatic rings. The van der Waals surface area contributed by atoms with Crippen molar-refractivity contribution in [3.05, 3.63) is 48.2 Å². The van der Waals surface area contributed by atoms with Crippen LogP contribution in [0, 0.1) is 0 Å². The summed E-state index contributed by atoms with van der Waals surface area (Å²) in [6.07, 6.45) is 7.30. The van der Waals surface area contributed by atoms with Crippen molar-refractivity contribution in [2.75, 3.05) is 19.0 Å². The van der Waals surface area contributed by atoms with Crippen molar-refractivity contribution in [1.29, 1.82) is 0 Å². The van der Waals surface area contributed by atoms with E-state index in [1.807, 2.05) is 12.1 Å². The van der Waals surface area contributed by atoms with E-state index in [1.54, 1.807) is 18.6 Å². The maximum Gasteiger partial charge on any atom is 0.358 e. The van der Waals surface area contributed by atoms with E-state index in [0.29, 0.717) is 12.4 Å². The summed E-state index contributed by atoms with van der Waals surface area (Å²) in [6.45, 7) is 0.698. The normalized spacial score (nSPS) is 9.95. The molecule has 0 atom stereocenters. The number of rotatable bonds is 5. The lowest BCUT2D eigenvalue weighted by Gasteiger charge is -2.06. The van der Waals surface area contributed by atoms with Gasteiger partial charge in [0, 0.05) is 18.9 Å². The second kappa shape index (κ2) is 6.44. The third kappa shape index (κ3) is 3.74. The molecule has 0 saturated heterocycles. The lowest BCUT2D eigenvalue weighted by Crippen LogP contribution is -2.10. The fraction of sp³-hybridized carbons (Fsp3) is 0.231. The van der Waals surface area contributed by atoms with Crippen molar-refractivity contribution < 1.29 is 9.53 Å². The molecule has 0 fully saturated rings. The molecule has 19 heavy (non-hydrogen) atoms. The van der Waals surface area contributed by atoms with Crippen LogP contribution in [0.1, 0.15) is 16.1 Å². The second-order valence-corrected chi connectivity index (χ2v) is 3.81. The molecule has 0 aliphatic carbocycles. The van der Waals surface area contributed by atoms with Crippen molar-refractivity contribution in [2.45, 2.75) is 6.42 Å². The van der Waals surface area contributed by atoms with Crippen molar-refractivity contribution in [3.63, 3.8) is 0 Å². The molecule has 0 aromatic carbocycles. The average Bonchev–Trinajstić information content (AvgIpc) is 2.48. The van der Waals surface area contributed by atoms with Crippen LogP contribution in [0.25, 0.3) is 0 Å². The predicted molar refractivity (Wildman–Crippen MR) is 69.8 cm³/mol. The molecule has 6 nitrogen and oxygen atoms in total. The van der Waals surface area contributed by atoms with Crippen LogP contribution in [0.5, 0.6) is 0 Å². The molecular weight excluding hydrogens is 244 g/mol. The van der Waals surface area contributed by atoms with E-state index in [0.717, 1.165) is 6.42 Å². The van der Waals surface area contributed by atoms with Gasteiger partial charge in [-0.1, -0.05) is 0 Å². The van der Waals surface area contributed by atoms with Gasteiger partial charge in [0.1, 0.15) is 5.82 Å². The molecule has 0 radical (unpaired) electrons. The highest BCUT2D eigenvalue weighted by Crippen LogP contribution is 2.04. The maximum absolute atomic E-state index is 11.3. The molecule has 0 spiro atoms. The minimum atomic E-state index is -0.495. The third-order valence-electron chi connectivity index (χ3n) is 2.50. The lowest BCUT2D eigenvalue weighted by atomic mass is 10.2. The smallest absolute Gasteiger partial charge is 0.358 e. The summed E-state index contributed by atoms with van der Waals surface area (Å²) in [6, 6.07) is 3.91. The van der Waals surface area contributed by atoms with Gasteiger partial charge in [-0.3, -0.25) is 9.97 Å². The number of ether oxygens (including phenoxy) is 1. The van der Waals surface area contributed by atoms with E-state index >= 15 is 0 Å². The Kier molecular flexibility index (Phi) is 4.39. The fourth-order valence-corrected chi connectivity index (χ4v) is 1.54. The Labute approximate surface area is 110 Å². The molecule has 0 bridgehead atoms. The van der Waals surface area contributed by atoms with Gasteiger partial charge in [-0.15, -0.1) is 0 Å². The zero-order chi connectivity index (χ0) is 13.5. The summed E-state index contributed by atoms with van der Waals surface area (Å²) in [4.78, 5) is 23.3. The number of carbonyl (C=O) groups is 1. The topological polar surface area (TPSA) is 77.0 Å². The highest BCUT2D eigenvalue weighted by Gasteiger charge is 2.07. The molecule has 2 aromatic rings. The van der Waals surface area contributed by atoms with Crippen LogP contribution < -0.4 is 5.32 Å².